The molecular weight excluding hydrogens is 184 g/mol. The van der Waals surface area contributed by atoms with Crippen molar-refractivity contribution >= 4 is 11.9 Å². The highest BCUT2D eigenvalue weighted by molar-refractivity contribution is 5.67. The largest absolute Gasteiger partial charge is 0.462 e. The van der Waals surface area contributed by atoms with Crippen molar-refractivity contribution in [3.8, 4) is 0 Å². The van der Waals surface area contributed by atoms with Crippen LogP contribution in [0.3, 0.4) is 0 Å². The summed E-state index contributed by atoms with van der Waals surface area (Å²) in [5.74, 6) is -0.762. The molecule has 0 spiro atoms. The fraction of sp³-hybridized carbons (Fsp3) is 0.800. The molecule has 0 unspecified atom stereocenters. The second kappa shape index (κ2) is 7.35. The third kappa shape index (κ3) is 10.9. The van der Waals surface area contributed by atoms with Crippen LogP contribution in [-0.4, -0.2) is 24.1 Å². The minimum atomic E-state index is -0.739. The third-order valence-corrected chi connectivity index (χ3v) is 1.04. The number of rotatable bonds is 3. The summed E-state index contributed by atoms with van der Waals surface area (Å²) < 4.78 is 9.56. The van der Waals surface area contributed by atoms with Gasteiger partial charge < -0.3 is 9.47 Å². The molecule has 0 aromatic heterocycles. The van der Waals surface area contributed by atoms with Crippen molar-refractivity contribution < 1.29 is 19.1 Å². The first-order chi connectivity index (χ1) is 5.33. The second-order valence-electron chi connectivity index (χ2n) is 3.13. The summed E-state index contributed by atoms with van der Waals surface area (Å²) in [5, 5.41) is 0. The van der Waals surface area contributed by atoms with E-state index in [2.05, 4.69) is 0 Å². The Bertz CT molecular complexity index is 185. The van der Waals surface area contributed by atoms with Crippen LogP contribution >= 0.6 is 0 Å². The Morgan fingerprint density at radius 1 is 1.07 bits per heavy atom. The summed E-state index contributed by atoms with van der Waals surface area (Å²) in [6.07, 6.45) is 0. The average Bonchev–Trinajstić information content (AvgIpc) is 1.81. The molecule has 86 valence electrons. The van der Waals surface area contributed by atoms with Crippen LogP contribution in [0.15, 0.2) is 0 Å². The molecule has 0 aliphatic carbocycles. The smallest absolute Gasteiger partial charge is 0.303 e. The lowest BCUT2D eigenvalue weighted by Crippen LogP contribution is -2.33. The maximum absolute atomic E-state index is 10.5. The first-order valence-corrected chi connectivity index (χ1v) is 3.66. The molecule has 0 heterocycles. The van der Waals surface area contributed by atoms with E-state index in [4.69, 9.17) is 9.47 Å². The van der Waals surface area contributed by atoms with Gasteiger partial charge in [0.1, 0.15) is 12.2 Å². The molecule has 0 bridgehead atoms. The summed E-state index contributed by atoms with van der Waals surface area (Å²) in [5.41, 5.74) is -0.739. The van der Waals surface area contributed by atoms with E-state index in [9.17, 15) is 9.59 Å². The van der Waals surface area contributed by atoms with Gasteiger partial charge in [0.2, 0.25) is 0 Å². The van der Waals surface area contributed by atoms with Crippen LogP contribution in [0.1, 0.15) is 42.5 Å². The topological polar surface area (TPSA) is 52.6 Å². The molecule has 4 nitrogen and oxygen atoms in total. The van der Waals surface area contributed by atoms with Crippen molar-refractivity contribution in [3.63, 3.8) is 0 Å². The van der Waals surface area contributed by atoms with E-state index >= 15 is 0 Å². The lowest BCUT2D eigenvalue weighted by molar-refractivity contribution is -0.165. The highest BCUT2D eigenvalue weighted by Gasteiger charge is 2.22. The fourth-order valence-electron chi connectivity index (χ4n) is 0.694. The van der Waals surface area contributed by atoms with E-state index in [-0.39, 0.29) is 33.4 Å². The number of carbonyl (C=O) groups excluding carboxylic acids is 2. The predicted octanol–water partition coefficient (Wildman–Crippen LogP) is 2.16. The first-order valence-electron chi connectivity index (χ1n) is 3.66. The minimum Gasteiger partial charge on any atom is -0.462 e. The molecule has 0 aliphatic rings. The molecular formula is C10H22O4. The van der Waals surface area contributed by atoms with Gasteiger partial charge >= 0.3 is 11.9 Å². The molecule has 0 aromatic carbocycles. The SMILES string of the molecule is C.C.CC(=O)OCC(C)(C)OC(C)=O. The van der Waals surface area contributed by atoms with Gasteiger partial charge in [0.25, 0.3) is 0 Å². The van der Waals surface area contributed by atoms with E-state index < -0.39 is 5.60 Å². The van der Waals surface area contributed by atoms with Gasteiger partial charge in [-0.05, 0) is 13.8 Å². The van der Waals surface area contributed by atoms with E-state index in [1.165, 1.54) is 13.8 Å². The van der Waals surface area contributed by atoms with Crippen LogP contribution in [0.2, 0.25) is 0 Å². The van der Waals surface area contributed by atoms with E-state index in [1.807, 2.05) is 0 Å². The Balaban J connectivity index is -0.000000605. The molecule has 0 fully saturated rings. The Morgan fingerprint density at radius 2 is 1.50 bits per heavy atom. The van der Waals surface area contributed by atoms with Gasteiger partial charge in [-0.15, -0.1) is 0 Å². The van der Waals surface area contributed by atoms with Crippen molar-refractivity contribution in [1.82, 2.24) is 0 Å². The Morgan fingerprint density at radius 3 is 1.79 bits per heavy atom. The van der Waals surface area contributed by atoms with E-state index in [1.54, 1.807) is 13.8 Å². The van der Waals surface area contributed by atoms with Crippen LogP contribution in [-0.2, 0) is 19.1 Å². The zero-order chi connectivity index (χ0) is 9.78. The third-order valence-electron chi connectivity index (χ3n) is 1.04. The van der Waals surface area contributed by atoms with Crippen LogP contribution < -0.4 is 0 Å². The lowest BCUT2D eigenvalue weighted by Gasteiger charge is -2.23. The van der Waals surface area contributed by atoms with Gasteiger partial charge in [-0.25, -0.2) is 0 Å². The molecule has 0 amide bonds. The van der Waals surface area contributed by atoms with Gasteiger partial charge in [0.15, 0.2) is 0 Å². The van der Waals surface area contributed by atoms with E-state index in [0.29, 0.717) is 0 Å². The standard InChI is InChI=1S/C8H14O4.2CH4/c1-6(9)11-5-8(3,4)12-7(2)10;;/h5H2,1-4H3;2*1H4. The molecule has 0 radical (unpaired) electrons. The van der Waals surface area contributed by atoms with Gasteiger partial charge in [-0.1, -0.05) is 14.9 Å². The zero-order valence-electron chi connectivity index (χ0n) is 7.84. The van der Waals surface area contributed by atoms with Crippen LogP contribution in [0.4, 0.5) is 0 Å². The van der Waals surface area contributed by atoms with Crippen LogP contribution in [0.25, 0.3) is 0 Å². The number of esters is 2. The monoisotopic (exact) mass is 206 g/mol. The molecule has 0 aromatic rings. The Kier molecular flexibility index (Phi) is 9.81. The summed E-state index contributed by atoms with van der Waals surface area (Å²) in [6, 6.07) is 0. The van der Waals surface area contributed by atoms with Crippen molar-refractivity contribution in [2.24, 2.45) is 0 Å². The highest BCUT2D eigenvalue weighted by atomic mass is 16.6. The second-order valence-corrected chi connectivity index (χ2v) is 3.13. The van der Waals surface area contributed by atoms with Gasteiger partial charge in [0.05, 0.1) is 0 Å². The summed E-state index contributed by atoms with van der Waals surface area (Å²) in [7, 11) is 0. The predicted molar refractivity (Wildman–Crippen MR) is 55.9 cm³/mol. The molecule has 0 atom stereocenters. The number of hydrogen-bond donors (Lipinski definition) is 0. The van der Waals surface area contributed by atoms with Crippen LogP contribution in [0.5, 0.6) is 0 Å². The zero-order valence-corrected chi connectivity index (χ0v) is 7.84. The Hall–Kier alpha value is -1.06. The lowest BCUT2D eigenvalue weighted by atomic mass is 10.1. The maximum atomic E-state index is 10.5. The molecule has 0 rings (SSSR count). The van der Waals surface area contributed by atoms with Gasteiger partial charge in [-0.2, -0.15) is 0 Å². The number of ether oxygens (including phenoxy) is 2. The molecule has 14 heavy (non-hydrogen) atoms. The Labute approximate surface area is 86.6 Å². The fourth-order valence-corrected chi connectivity index (χ4v) is 0.694. The minimum absolute atomic E-state index is 0. The number of carbonyl (C=O) groups is 2. The first kappa shape index (κ1) is 18.7. The quantitative estimate of drug-likeness (QED) is 0.664. The van der Waals surface area contributed by atoms with Crippen LogP contribution in [0, 0.1) is 0 Å². The summed E-state index contributed by atoms with van der Waals surface area (Å²) in [6.45, 7) is 6.07. The van der Waals surface area contributed by atoms with Crippen molar-refractivity contribution in [2.45, 2.75) is 48.1 Å². The average molecular weight is 206 g/mol. The summed E-state index contributed by atoms with van der Waals surface area (Å²) in [4.78, 5) is 21.0. The van der Waals surface area contributed by atoms with Crippen molar-refractivity contribution in [1.29, 1.82) is 0 Å². The molecule has 4 heteroatoms. The van der Waals surface area contributed by atoms with Crippen molar-refractivity contribution in [3.05, 3.63) is 0 Å². The van der Waals surface area contributed by atoms with Gasteiger partial charge in [0, 0.05) is 13.8 Å². The molecule has 0 aliphatic heterocycles. The number of hydrogen-bond acceptors (Lipinski definition) is 4. The molecule has 0 N–H and O–H groups in total. The van der Waals surface area contributed by atoms with Crippen molar-refractivity contribution in [2.75, 3.05) is 6.61 Å². The normalized spacial score (nSPS) is 9.14. The van der Waals surface area contributed by atoms with E-state index in [0.717, 1.165) is 0 Å². The highest BCUT2D eigenvalue weighted by Crippen LogP contribution is 2.09. The summed E-state index contributed by atoms with van der Waals surface area (Å²) >= 11 is 0. The molecule has 0 saturated heterocycles. The van der Waals surface area contributed by atoms with Gasteiger partial charge in [-0.3, -0.25) is 9.59 Å². The molecule has 0 saturated carbocycles. The maximum Gasteiger partial charge on any atom is 0.303 e.